The minimum atomic E-state index is -0.646. The fraction of sp³-hybridized carbons (Fsp3) is 0.500. The second-order valence-electron chi connectivity index (χ2n) is 5.61. The lowest BCUT2D eigenvalue weighted by Crippen LogP contribution is -2.27. The SMILES string of the molecule is CCc1c(C(=O)OCC(=O)OC(C)(C)C)cnc2ncnn12. The molecule has 118 valence electrons. The van der Waals surface area contributed by atoms with Gasteiger partial charge < -0.3 is 9.47 Å². The molecule has 0 amide bonds. The van der Waals surface area contributed by atoms with Crippen molar-refractivity contribution in [3.8, 4) is 0 Å². The summed E-state index contributed by atoms with van der Waals surface area (Å²) < 4.78 is 11.5. The molecule has 22 heavy (non-hydrogen) atoms. The third-order valence-electron chi connectivity index (χ3n) is 2.70. The number of nitrogens with zero attached hydrogens (tertiary/aromatic N) is 4. The van der Waals surface area contributed by atoms with Crippen LogP contribution in [0.5, 0.6) is 0 Å². The van der Waals surface area contributed by atoms with Gasteiger partial charge in [0.15, 0.2) is 6.61 Å². The molecule has 0 aliphatic rings. The average molecular weight is 306 g/mol. The summed E-state index contributed by atoms with van der Waals surface area (Å²) in [6.07, 6.45) is 3.27. The number of esters is 2. The summed E-state index contributed by atoms with van der Waals surface area (Å²) in [5, 5.41) is 4.02. The van der Waals surface area contributed by atoms with Crippen molar-refractivity contribution in [2.75, 3.05) is 6.61 Å². The maximum atomic E-state index is 12.1. The van der Waals surface area contributed by atoms with Crippen LogP contribution < -0.4 is 0 Å². The largest absolute Gasteiger partial charge is 0.457 e. The van der Waals surface area contributed by atoms with Crippen LogP contribution in [-0.2, 0) is 20.7 Å². The quantitative estimate of drug-likeness (QED) is 0.783. The Morgan fingerprint density at radius 1 is 1.27 bits per heavy atom. The predicted octanol–water partition coefficient (Wildman–Crippen LogP) is 1.19. The number of hydrogen-bond donors (Lipinski definition) is 0. The summed E-state index contributed by atoms with van der Waals surface area (Å²) in [6, 6.07) is 0. The summed E-state index contributed by atoms with van der Waals surface area (Å²) in [6.45, 7) is 6.65. The van der Waals surface area contributed by atoms with Gasteiger partial charge in [-0.1, -0.05) is 6.92 Å². The van der Waals surface area contributed by atoms with E-state index < -0.39 is 24.1 Å². The average Bonchev–Trinajstić information content (AvgIpc) is 2.90. The van der Waals surface area contributed by atoms with Gasteiger partial charge in [0.05, 0.1) is 11.3 Å². The van der Waals surface area contributed by atoms with Gasteiger partial charge in [0.1, 0.15) is 11.9 Å². The molecule has 8 heteroatoms. The van der Waals surface area contributed by atoms with Crippen molar-refractivity contribution in [3.63, 3.8) is 0 Å². The van der Waals surface area contributed by atoms with Gasteiger partial charge in [-0.25, -0.2) is 19.1 Å². The van der Waals surface area contributed by atoms with Gasteiger partial charge in [0.25, 0.3) is 5.78 Å². The molecule has 0 aliphatic carbocycles. The van der Waals surface area contributed by atoms with Crippen LogP contribution in [0.15, 0.2) is 12.5 Å². The molecule has 0 fully saturated rings. The van der Waals surface area contributed by atoms with Crippen molar-refractivity contribution in [3.05, 3.63) is 23.8 Å². The zero-order valence-electron chi connectivity index (χ0n) is 13.0. The molecule has 0 bridgehead atoms. The number of ether oxygens (including phenoxy) is 2. The molecule has 0 aromatic carbocycles. The number of aromatic nitrogens is 4. The van der Waals surface area contributed by atoms with Crippen LogP contribution in [0.4, 0.5) is 0 Å². The number of hydrogen-bond acceptors (Lipinski definition) is 7. The second kappa shape index (κ2) is 6.08. The van der Waals surface area contributed by atoms with Crippen molar-refractivity contribution >= 4 is 17.7 Å². The maximum Gasteiger partial charge on any atom is 0.344 e. The Morgan fingerprint density at radius 3 is 2.64 bits per heavy atom. The highest BCUT2D eigenvalue weighted by molar-refractivity contribution is 5.91. The molecule has 0 radical (unpaired) electrons. The highest BCUT2D eigenvalue weighted by Crippen LogP contribution is 2.12. The van der Waals surface area contributed by atoms with Crippen LogP contribution in [0.2, 0.25) is 0 Å². The first-order valence-electron chi connectivity index (χ1n) is 6.88. The van der Waals surface area contributed by atoms with E-state index in [-0.39, 0.29) is 5.56 Å². The van der Waals surface area contributed by atoms with Crippen LogP contribution >= 0.6 is 0 Å². The smallest absolute Gasteiger partial charge is 0.344 e. The van der Waals surface area contributed by atoms with Crippen molar-refractivity contribution in [2.24, 2.45) is 0 Å². The number of carbonyl (C=O) groups is 2. The van der Waals surface area contributed by atoms with E-state index in [0.717, 1.165) is 0 Å². The lowest BCUT2D eigenvalue weighted by atomic mass is 10.2. The molecule has 2 aromatic heterocycles. The van der Waals surface area contributed by atoms with Crippen molar-refractivity contribution in [1.29, 1.82) is 0 Å². The van der Waals surface area contributed by atoms with Crippen LogP contribution in [0.25, 0.3) is 5.78 Å². The minimum absolute atomic E-state index is 0.254. The van der Waals surface area contributed by atoms with E-state index in [9.17, 15) is 9.59 Å². The van der Waals surface area contributed by atoms with E-state index >= 15 is 0 Å². The van der Waals surface area contributed by atoms with Gasteiger partial charge in [0.2, 0.25) is 0 Å². The molecule has 8 nitrogen and oxygen atoms in total. The standard InChI is InChI=1S/C14H18N4O4/c1-5-10-9(6-15-13-16-8-17-18(10)13)12(20)21-7-11(19)22-14(2,3)4/h6,8H,5,7H2,1-4H3. The summed E-state index contributed by atoms with van der Waals surface area (Å²) in [4.78, 5) is 31.7. The molecular weight excluding hydrogens is 288 g/mol. The summed E-state index contributed by atoms with van der Waals surface area (Å²) in [5.41, 5.74) is 0.250. The highest BCUT2D eigenvalue weighted by atomic mass is 16.6. The van der Waals surface area contributed by atoms with Crippen molar-refractivity contribution < 1.29 is 19.1 Å². The third kappa shape index (κ3) is 3.57. The first-order chi connectivity index (χ1) is 10.3. The van der Waals surface area contributed by atoms with E-state index in [4.69, 9.17) is 9.47 Å². The van der Waals surface area contributed by atoms with Gasteiger partial charge in [-0.3, -0.25) is 0 Å². The van der Waals surface area contributed by atoms with Gasteiger partial charge in [-0.05, 0) is 27.2 Å². The molecule has 2 rings (SSSR count). The van der Waals surface area contributed by atoms with Gasteiger partial charge >= 0.3 is 11.9 Å². The Bertz CT molecular complexity index is 702. The summed E-state index contributed by atoms with van der Waals surface area (Å²) in [7, 11) is 0. The van der Waals surface area contributed by atoms with Crippen LogP contribution in [0.1, 0.15) is 43.7 Å². The first kappa shape index (κ1) is 15.9. The van der Waals surface area contributed by atoms with Crippen LogP contribution in [0, 0.1) is 0 Å². The second-order valence-corrected chi connectivity index (χ2v) is 5.61. The van der Waals surface area contributed by atoms with Crippen molar-refractivity contribution in [1.82, 2.24) is 19.6 Å². The van der Waals surface area contributed by atoms with Crippen LogP contribution in [0.3, 0.4) is 0 Å². The van der Waals surface area contributed by atoms with Gasteiger partial charge in [-0.2, -0.15) is 10.1 Å². The summed E-state index contributed by atoms with van der Waals surface area (Å²) >= 11 is 0. The molecular formula is C14H18N4O4. The number of carbonyl (C=O) groups excluding carboxylic acids is 2. The topological polar surface area (TPSA) is 95.7 Å². The summed E-state index contributed by atoms with van der Waals surface area (Å²) in [5.74, 6) is -0.846. The Labute approximate surface area is 127 Å². The van der Waals surface area contributed by atoms with E-state index in [0.29, 0.717) is 17.9 Å². The Morgan fingerprint density at radius 2 is 2.00 bits per heavy atom. The molecule has 2 aromatic rings. The molecule has 0 saturated carbocycles. The Balaban J connectivity index is 2.11. The van der Waals surface area contributed by atoms with E-state index in [2.05, 4.69) is 15.1 Å². The monoisotopic (exact) mass is 306 g/mol. The van der Waals surface area contributed by atoms with E-state index in [1.165, 1.54) is 17.0 Å². The fourth-order valence-corrected chi connectivity index (χ4v) is 1.91. The van der Waals surface area contributed by atoms with Gasteiger partial charge in [-0.15, -0.1) is 0 Å². The zero-order chi connectivity index (χ0) is 16.3. The Hall–Kier alpha value is -2.51. The lowest BCUT2D eigenvalue weighted by molar-refractivity contribution is -0.158. The lowest BCUT2D eigenvalue weighted by Gasteiger charge is -2.19. The Kier molecular flexibility index (Phi) is 4.39. The first-order valence-corrected chi connectivity index (χ1v) is 6.88. The molecule has 0 aliphatic heterocycles. The van der Waals surface area contributed by atoms with Crippen molar-refractivity contribution in [2.45, 2.75) is 39.7 Å². The number of fused-ring (bicyclic) bond motifs is 1. The predicted molar refractivity (Wildman–Crippen MR) is 76.3 cm³/mol. The zero-order valence-corrected chi connectivity index (χ0v) is 13.0. The van der Waals surface area contributed by atoms with Crippen LogP contribution in [-0.4, -0.2) is 43.7 Å². The third-order valence-corrected chi connectivity index (χ3v) is 2.70. The molecule has 0 saturated heterocycles. The van der Waals surface area contributed by atoms with Gasteiger partial charge in [0, 0.05) is 6.20 Å². The molecule has 0 N–H and O–H groups in total. The number of aryl methyl sites for hydroxylation is 1. The van der Waals surface area contributed by atoms with E-state index in [1.54, 1.807) is 20.8 Å². The van der Waals surface area contributed by atoms with E-state index in [1.807, 2.05) is 6.92 Å². The number of rotatable bonds is 4. The highest BCUT2D eigenvalue weighted by Gasteiger charge is 2.20. The molecule has 0 spiro atoms. The normalized spacial score (nSPS) is 11.5. The minimum Gasteiger partial charge on any atom is -0.457 e. The molecule has 0 atom stereocenters. The fourth-order valence-electron chi connectivity index (χ4n) is 1.91. The maximum absolute atomic E-state index is 12.1. The molecule has 2 heterocycles. The molecule has 0 unspecified atom stereocenters.